The predicted octanol–water partition coefficient (Wildman–Crippen LogP) is 2.60. The summed E-state index contributed by atoms with van der Waals surface area (Å²) in [7, 11) is -2.56. The molecule has 116 valence electrons. The average Bonchev–Trinajstić information content (AvgIpc) is 3.23. The molecular formula is C13H15ClFNO4S. The van der Waals surface area contributed by atoms with Crippen LogP contribution in [0.15, 0.2) is 17.0 Å². The van der Waals surface area contributed by atoms with Crippen molar-refractivity contribution in [2.45, 2.75) is 30.7 Å². The standard InChI is InChI=1S/C13H15ClFNO4S/c1-7(8-3-4-8)16(2)21(19,20)9-5-10(13(17)18)12(14)11(15)6-9/h5-8H,3-4H2,1-2H3,(H,17,18). The Kier molecular flexibility index (Phi) is 4.28. The highest BCUT2D eigenvalue weighted by atomic mass is 35.5. The summed E-state index contributed by atoms with van der Waals surface area (Å²) in [4.78, 5) is 10.6. The van der Waals surface area contributed by atoms with Gasteiger partial charge in [-0.1, -0.05) is 11.6 Å². The van der Waals surface area contributed by atoms with Crippen LogP contribution >= 0.6 is 11.6 Å². The van der Waals surface area contributed by atoms with Gasteiger partial charge in [-0.15, -0.1) is 0 Å². The van der Waals surface area contributed by atoms with Gasteiger partial charge in [0.05, 0.1) is 15.5 Å². The van der Waals surface area contributed by atoms with E-state index in [1.54, 1.807) is 6.92 Å². The first-order valence-electron chi connectivity index (χ1n) is 6.36. The normalized spacial score (nSPS) is 17.0. The molecule has 1 aliphatic carbocycles. The molecule has 0 heterocycles. The lowest BCUT2D eigenvalue weighted by Crippen LogP contribution is -2.36. The Bertz CT molecular complexity index is 688. The van der Waals surface area contributed by atoms with Gasteiger partial charge in [0, 0.05) is 13.1 Å². The zero-order chi connectivity index (χ0) is 15.9. The zero-order valence-corrected chi connectivity index (χ0v) is 13.1. The van der Waals surface area contributed by atoms with Gasteiger partial charge < -0.3 is 5.11 Å². The first-order chi connectivity index (χ1) is 9.66. The molecule has 1 fully saturated rings. The van der Waals surface area contributed by atoms with E-state index in [0.29, 0.717) is 5.92 Å². The molecule has 1 aromatic carbocycles. The van der Waals surface area contributed by atoms with E-state index in [4.69, 9.17) is 16.7 Å². The van der Waals surface area contributed by atoms with Crippen molar-refractivity contribution < 1.29 is 22.7 Å². The van der Waals surface area contributed by atoms with Crippen LogP contribution in [0, 0.1) is 11.7 Å². The number of hydrogen-bond acceptors (Lipinski definition) is 3. The van der Waals surface area contributed by atoms with Crippen molar-refractivity contribution in [3.8, 4) is 0 Å². The van der Waals surface area contributed by atoms with E-state index in [1.807, 2.05) is 0 Å². The molecule has 0 aromatic heterocycles. The smallest absolute Gasteiger partial charge is 0.337 e. The Hall–Kier alpha value is -1.18. The monoisotopic (exact) mass is 335 g/mol. The number of aromatic carboxylic acids is 1. The predicted molar refractivity (Wildman–Crippen MR) is 75.5 cm³/mol. The average molecular weight is 336 g/mol. The van der Waals surface area contributed by atoms with Gasteiger partial charge in [0.15, 0.2) is 0 Å². The molecule has 1 atom stereocenters. The van der Waals surface area contributed by atoms with Crippen LogP contribution in [0.5, 0.6) is 0 Å². The number of nitrogens with zero attached hydrogens (tertiary/aromatic N) is 1. The van der Waals surface area contributed by atoms with Crippen molar-refractivity contribution in [2.24, 2.45) is 5.92 Å². The largest absolute Gasteiger partial charge is 0.478 e. The third-order valence-corrected chi connectivity index (χ3v) is 6.09. The van der Waals surface area contributed by atoms with Gasteiger partial charge in [-0.3, -0.25) is 0 Å². The molecule has 0 spiro atoms. The summed E-state index contributed by atoms with van der Waals surface area (Å²) in [5, 5.41) is 8.37. The first-order valence-corrected chi connectivity index (χ1v) is 8.18. The first kappa shape index (κ1) is 16.2. The molecule has 5 nitrogen and oxygen atoms in total. The molecule has 8 heteroatoms. The molecule has 0 radical (unpaired) electrons. The summed E-state index contributed by atoms with van der Waals surface area (Å²) >= 11 is 5.55. The maximum atomic E-state index is 13.7. The summed E-state index contributed by atoms with van der Waals surface area (Å²) in [6.45, 7) is 1.78. The number of rotatable bonds is 5. The number of benzene rings is 1. The van der Waals surface area contributed by atoms with Gasteiger partial charge in [0.1, 0.15) is 5.82 Å². The van der Waals surface area contributed by atoms with Crippen molar-refractivity contribution in [2.75, 3.05) is 7.05 Å². The minimum Gasteiger partial charge on any atom is -0.478 e. The fourth-order valence-electron chi connectivity index (χ4n) is 2.13. The van der Waals surface area contributed by atoms with Crippen LogP contribution < -0.4 is 0 Å². The molecule has 1 N–H and O–H groups in total. The number of carbonyl (C=O) groups is 1. The van der Waals surface area contributed by atoms with Crippen molar-refractivity contribution in [3.63, 3.8) is 0 Å². The molecule has 0 bridgehead atoms. The maximum Gasteiger partial charge on any atom is 0.337 e. The van der Waals surface area contributed by atoms with Crippen LogP contribution in [-0.2, 0) is 10.0 Å². The summed E-state index contributed by atoms with van der Waals surface area (Å²) in [6.07, 6.45) is 1.91. The highest BCUT2D eigenvalue weighted by Crippen LogP contribution is 2.36. The van der Waals surface area contributed by atoms with E-state index in [2.05, 4.69) is 0 Å². The van der Waals surface area contributed by atoms with Gasteiger partial charge >= 0.3 is 5.97 Å². The van der Waals surface area contributed by atoms with E-state index in [9.17, 15) is 17.6 Å². The van der Waals surface area contributed by atoms with E-state index >= 15 is 0 Å². The van der Waals surface area contributed by atoms with Gasteiger partial charge in [-0.25, -0.2) is 17.6 Å². The Morgan fingerprint density at radius 2 is 2.05 bits per heavy atom. The summed E-state index contributed by atoms with van der Waals surface area (Å²) in [5.41, 5.74) is -0.567. The van der Waals surface area contributed by atoms with Crippen molar-refractivity contribution in [3.05, 3.63) is 28.5 Å². The summed E-state index contributed by atoms with van der Waals surface area (Å²) < 4.78 is 39.8. The summed E-state index contributed by atoms with van der Waals surface area (Å²) in [6, 6.07) is 1.42. The van der Waals surface area contributed by atoms with Crippen LogP contribution in [0.1, 0.15) is 30.1 Å². The van der Waals surface area contributed by atoms with E-state index in [0.717, 1.165) is 29.3 Å². The molecule has 1 aromatic rings. The van der Waals surface area contributed by atoms with Crippen LogP contribution in [0.25, 0.3) is 0 Å². The topological polar surface area (TPSA) is 74.7 Å². The fraction of sp³-hybridized carbons (Fsp3) is 0.462. The second kappa shape index (κ2) is 5.55. The highest BCUT2D eigenvalue weighted by Gasteiger charge is 2.36. The number of carboxylic acids is 1. The zero-order valence-electron chi connectivity index (χ0n) is 11.5. The summed E-state index contributed by atoms with van der Waals surface area (Å²) in [5.74, 6) is -2.25. The number of carboxylic acid groups (broad SMARTS) is 1. The Labute approximate surface area is 127 Å². The van der Waals surface area contributed by atoms with Crippen LogP contribution in [0.3, 0.4) is 0 Å². The van der Waals surface area contributed by atoms with Crippen molar-refractivity contribution >= 4 is 27.6 Å². The second-order valence-corrected chi connectivity index (χ2v) is 7.55. The fourth-order valence-corrected chi connectivity index (χ4v) is 3.78. The molecule has 1 aliphatic rings. The molecule has 1 unspecified atom stereocenters. The molecule has 0 saturated heterocycles. The molecule has 1 saturated carbocycles. The molecule has 0 aliphatic heterocycles. The maximum absolute atomic E-state index is 13.7. The number of sulfonamides is 1. The molecule has 0 amide bonds. The van der Waals surface area contributed by atoms with Crippen LogP contribution in [0.4, 0.5) is 4.39 Å². The lowest BCUT2D eigenvalue weighted by atomic mass is 10.2. The van der Waals surface area contributed by atoms with E-state index < -0.39 is 37.3 Å². The minimum absolute atomic E-state index is 0.220. The number of hydrogen-bond donors (Lipinski definition) is 1. The highest BCUT2D eigenvalue weighted by molar-refractivity contribution is 7.89. The second-order valence-electron chi connectivity index (χ2n) is 5.17. The minimum atomic E-state index is -3.97. The van der Waals surface area contributed by atoms with Crippen LogP contribution in [0.2, 0.25) is 5.02 Å². The Balaban J connectivity index is 2.47. The SMILES string of the molecule is CC(C1CC1)N(C)S(=O)(=O)c1cc(F)c(Cl)c(C(=O)O)c1. The van der Waals surface area contributed by atoms with E-state index in [-0.39, 0.29) is 6.04 Å². The lowest BCUT2D eigenvalue weighted by Gasteiger charge is -2.24. The lowest BCUT2D eigenvalue weighted by molar-refractivity contribution is 0.0696. The quantitative estimate of drug-likeness (QED) is 0.897. The van der Waals surface area contributed by atoms with Crippen molar-refractivity contribution in [1.82, 2.24) is 4.31 Å². The van der Waals surface area contributed by atoms with E-state index in [1.165, 1.54) is 7.05 Å². The Morgan fingerprint density at radius 3 is 2.52 bits per heavy atom. The molecule has 2 rings (SSSR count). The van der Waals surface area contributed by atoms with Gasteiger partial charge in [-0.05, 0) is 37.8 Å². The van der Waals surface area contributed by atoms with Crippen LogP contribution in [-0.4, -0.2) is 36.9 Å². The van der Waals surface area contributed by atoms with Gasteiger partial charge in [0.2, 0.25) is 10.0 Å². The third kappa shape index (κ3) is 3.04. The number of halogens is 2. The molecule has 21 heavy (non-hydrogen) atoms. The van der Waals surface area contributed by atoms with Gasteiger partial charge in [0.25, 0.3) is 0 Å². The van der Waals surface area contributed by atoms with Crippen molar-refractivity contribution in [1.29, 1.82) is 0 Å². The van der Waals surface area contributed by atoms with Gasteiger partial charge in [-0.2, -0.15) is 4.31 Å². The third-order valence-electron chi connectivity index (χ3n) is 3.79. The Morgan fingerprint density at radius 1 is 1.48 bits per heavy atom. The molecular weight excluding hydrogens is 321 g/mol.